The zero-order valence-electron chi connectivity index (χ0n) is 32.0. The summed E-state index contributed by atoms with van der Waals surface area (Å²) in [5.74, 6) is -1.69. The average Bonchev–Trinajstić information content (AvgIpc) is 3.06. The fourth-order valence-electron chi connectivity index (χ4n) is 7.46. The first-order valence-corrected chi connectivity index (χ1v) is 18.2. The molecule has 2 aliphatic rings. The van der Waals surface area contributed by atoms with Crippen LogP contribution in [0.1, 0.15) is 80.6 Å². The number of amides is 1. The number of nitrogens with one attached hydrogen (secondary N) is 1. The Bertz CT molecular complexity index is 1230. The summed E-state index contributed by atoms with van der Waals surface area (Å²) in [5.41, 5.74) is -1.81. The van der Waals surface area contributed by atoms with E-state index in [-0.39, 0.29) is 43.1 Å². The molecule has 0 aliphatic carbocycles. The van der Waals surface area contributed by atoms with Crippen LogP contribution in [-0.2, 0) is 33.3 Å². The number of hydrogen-bond acceptors (Lipinski definition) is 11. The van der Waals surface area contributed by atoms with Crippen molar-refractivity contribution >= 4 is 23.5 Å². The van der Waals surface area contributed by atoms with Crippen molar-refractivity contribution in [1.82, 2.24) is 9.80 Å². The van der Waals surface area contributed by atoms with E-state index in [0.717, 1.165) is 13.0 Å². The van der Waals surface area contributed by atoms with E-state index < -0.39 is 47.5 Å². The number of benzene rings is 1. The summed E-state index contributed by atoms with van der Waals surface area (Å²) in [4.78, 5) is 44.6. The Morgan fingerprint density at radius 2 is 1.80 bits per heavy atom. The molecule has 12 heteroatoms. The average molecular weight is 706 g/mol. The predicted octanol–water partition coefficient (Wildman–Crippen LogP) is 5.13. The molecule has 50 heavy (non-hydrogen) atoms. The van der Waals surface area contributed by atoms with E-state index in [1.165, 1.54) is 0 Å². The van der Waals surface area contributed by atoms with Crippen molar-refractivity contribution in [2.75, 3.05) is 52.8 Å². The first-order valence-electron chi connectivity index (χ1n) is 18.2. The molecule has 1 aromatic rings. The number of para-hydroxylation sites is 1. The largest absolute Gasteiger partial charge is 0.463 e. The van der Waals surface area contributed by atoms with Crippen LogP contribution < -0.4 is 5.32 Å². The zero-order chi connectivity index (χ0) is 37.2. The Morgan fingerprint density at radius 1 is 1.12 bits per heavy atom. The molecule has 2 saturated heterocycles. The van der Waals surface area contributed by atoms with Gasteiger partial charge in [-0.05, 0) is 98.5 Å². The third-order valence-corrected chi connectivity index (χ3v) is 10.3. The molecule has 3 rings (SSSR count). The Labute approximate surface area is 299 Å². The summed E-state index contributed by atoms with van der Waals surface area (Å²) < 4.78 is 30.4. The second kappa shape index (κ2) is 18.8. The van der Waals surface area contributed by atoms with Gasteiger partial charge in [0, 0.05) is 37.3 Å². The van der Waals surface area contributed by atoms with E-state index in [4.69, 9.17) is 23.7 Å². The molecule has 2 heterocycles. The molecule has 2 N–H and O–H groups in total. The summed E-state index contributed by atoms with van der Waals surface area (Å²) in [6.45, 7) is 14.8. The molecule has 2 aliphatic heterocycles. The van der Waals surface area contributed by atoms with E-state index in [1.807, 2.05) is 51.0 Å². The van der Waals surface area contributed by atoms with Crippen LogP contribution in [0.3, 0.4) is 0 Å². The van der Waals surface area contributed by atoms with E-state index in [2.05, 4.69) is 24.1 Å². The van der Waals surface area contributed by atoms with Gasteiger partial charge in [0.25, 0.3) is 0 Å². The molecule has 2 fully saturated rings. The zero-order valence-corrected chi connectivity index (χ0v) is 32.0. The maximum Gasteiger partial charge on any atom is 0.411 e. The number of likely N-dealkylation sites (N-methyl/N-ethyl adjacent to an activating group) is 1. The fourth-order valence-corrected chi connectivity index (χ4v) is 7.46. The molecular weight excluding hydrogens is 642 g/mol. The van der Waals surface area contributed by atoms with Crippen LogP contribution >= 0.6 is 0 Å². The Balaban J connectivity index is 1.87. The maximum absolute atomic E-state index is 14.3. The molecule has 0 spiro atoms. The summed E-state index contributed by atoms with van der Waals surface area (Å²) in [6, 6.07) is 8.75. The van der Waals surface area contributed by atoms with Gasteiger partial charge in [-0.2, -0.15) is 0 Å². The van der Waals surface area contributed by atoms with Gasteiger partial charge in [0.15, 0.2) is 12.1 Å². The molecule has 0 radical (unpaired) electrons. The number of rotatable bonds is 11. The fraction of sp³-hybridized carbons (Fsp3) is 0.763. The maximum atomic E-state index is 14.3. The number of ketones is 1. The molecule has 1 aromatic carbocycles. The molecule has 0 unspecified atom stereocenters. The number of methoxy groups -OCH3 is 1. The molecule has 0 aromatic heterocycles. The van der Waals surface area contributed by atoms with Crippen LogP contribution in [0.25, 0.3) is 0 Å². The quantitative estimate of drug-likeness (QED) is 0.180. The van der Waals surface area contributed by atoms with Gasteiger partial charge in [0.05, 0.1) is 24.4 Å². The normalized spacial score (nSPS) is 33.1. The number of carbonyl (C=O) groups is 3. The van der Waals surface area contributed by atoms with Gasteiger partial charge in [-0.15, -0.1) is 0 Å². The highest BCUT2D eigenvalue weighted by molar-refractivity contribution is 6.04. The van der Waals surface area contributed by atoms with Crippen LogP contribution in [0.5, 0.6) is 0 Å². The number of ether oxygens (including phenoxy) is 5. The lowest BCUT2D eigenvalue weighted by molar-refractivity contribution is -0.295. The van der Waals surface area contributed by atoms with Crippen LogP contribution in [-0.4, -0.2) is 123 Å². The lowest BCUT2D eigenvalue weighted by atomic mass is 9.74. The Kier molecular flexibility index (Phi) is 15.7. The predicted molar refractivity (Wildman–Crippen MR) is 192 cm³/mol. The number of cyclic esters (lactones) is 1. The van der Waals surface area contributed by atoms with Crippen molar-refractivity contribution in [2.24, 2.45) is 17.3 Å². The highest BCUT2D eigenvalue weighted by Crippen LogP contribution is 2.38. The Hall–Kier alpha value is -2.61. The first-order chi connectivity index (χ1) is 23.5. The van der Waals surface area contributed by atoms with Crippen molar-refractivity contribution in [3.05, 3.63) is 30.3 Å². The minimum Gasteiger partial charge on any atom is -0.463 e. The van der Waals surface area contributed by atoms with Crippen LogP contribution in [0.2, 0.25) is 0 Å². The summed E-state index contributed by atoms with van der Waals surface area (Å²) in [6.07, 6.45) is -0.310. The van der Waals surface area contributed by atoms with Gasteiger partial charge in [0.1, 0.15) is 18.1 Å². The van der Waals surface area contributed by atoms with Gasteiger partial charge < -0.3 is 33.7 Å². The number of aliphatic hydroxyl groups excluding tert-OH is 1. The monoisotopic (exact) mass is 705 g/mol. The van der Waals surface area contributed by atoms with Crippen molar-refractivity contribution in [3.63, 3.8) is 0 Å². The standard InChI is InChI=1S/C38H63N3O9/c1-11-19-41-23-25(2)22-38(7,46-10)33(50-34-31(42)30(40(8)9)21-26(3)49-34)27(4)32(43)37(5,6)35(44)48-24-29(41)18-15-20-47-36(45)39-28-16-13-12-14-17-28/h12-14,16-17,25-27,29-31,33-34,42H,11,15,18-24H2,1-10H3,(H,39,45)/t25-,26-,27+,29-,30-,31-,33-,34-,38-/m1/s1. The van der Waals surface area contributed by atoms with Crippen molar-refractivity contribution in [2.45, 2.75) is 123 Å². The molecule has 0 saturated carbocycles. The van der Waals surface area contributed by atoms with E-state index >= 15 is 0 Å². The smallest absolute Gasteiger partial charge is 0.411 e. The van der Waals surface area contributed by atoms with E-state index in [1.54, 1.807) is 40.0 Å². The third kappa shape index (κ3) is 10.9. The number of esters is 1. The second-order valence-electron chi connectivity index (χ2n) is 15.2. The molecule has 9 atom stereocenters. The van der Waals surface area contributed by atoms with Gasteiger partial charge in [0.2, 0.25) is 0 Å². The summed E-state index contributed by atoms with van der Waals surface area (Å²) in [7, 11) is 5.43. The molecule has 284 valence electrons. The third-order valence-electron chi connectivity index (χ3n) is 10.3. The van der Waals surface area contributed by atoms with E-state index in [9.17, 15) is 19.5 Å². The number of anilines is 1. The van der Waals surface area contributed by atoms with Crippen molar-refractivity contribution < 1.29 is 43.2 Å². The van der Waals surface area contributed by atoms with Crippen LogP contribution in [0, 0.1) is 17.3 Å². The highest BCUT2D eigenvalue weighted by Gasteiger charge is 2.51. The van der Waals surface area contributed by atoms with Crippen molar-refractivity contribution in [1.29, 1.82) is 0 Å². The first kappa shape index (κ1) is 41.8. The number of nitrogens with zero attached hydrogens (tertiary/aromatic N) is 2. The van der Waals surface area contributed by atoms with Gasteiger partial charge in [-0.3, -0.25) is 19.8 Å². The van der Waals surface area contributed by atoms with Gasteiger partial charge in [-0.1, -0.05) is 39.0 Å². The number of aliphatic hydroxyl groups is 1. The molecule has 1 amide bonds. The Morgan fingerprint density at radius 3 is 2.42 bits per heavy atom. The minimum absolute atomic E-state index is 0.0745. The van der Waals surface area contributed by atoms with Gasteiger partial charge >= 0.3 is 12.1 Å². The SMILES string of the molecule is CCCN1C[C@H](C)C[C@@](C)(OC)[C@H](O[C@H]2O[C@H](C)C[C@@H](N(C)C)[C@H]2O)[C@@H](C)C(=O)C(C)(C)C(=O)OC[C@H]1CCCOC(=O)Nc1ccccc1. The van der Waals surface area contributed by atoms with E-state index in [0.29, 0.717) is 37.9 Å². The lowest BCUT2D eigenvalue weighted by Crippen LogP contribution is -2.59. The van der Waals surface area contributed by atoms with Gasteiger partial charge in [-0.25, -0.2) is 4.79 Å². The van der Waals surface area contributed by atoms with Crippen LogP contribution in [0.15, 0.2) is 30.3 Å². The topological polar surface area (TPSA) is 136 Å². The molecule has 0 bridgehead atoms. The molecule has 12 nitrogen and oxygen atoms in total. The second-order valence-corrected chi connectivity index (χ2v) is 15.2. The van der Waals surface area contributed by atoms with Crippen LogP contribution in [0.4, 0.5) is 10.5 Å². The number of hydrogen-bond donors (Lipinski definition) is 2. The summed E-state index contributed by atoms with van der Waals surface area (Å²) >= 11 is 0. The number of carbonyl (C=O) groups excluding carboxylic acids is 3. The highest BCUT2D eigenvalue weighted by atomic mass is 16.7. The van der Waals surface area contributed by atoms with Crippen molar-refractivity contribution in [3.8, 4) is 0 Å². The molecular formula is C38H63N3O9. The lowest BCUT2D eigenvalue weighted by Gasteiger charge is -2.47. The number of Topliss-reactive ketones (excluding diaryl/α,β-unsaturated/α-hetero) is 1. The summed E-state index contributed by atoms with van der Waals surface area (Å²) in [5, 5.41) is 14.1. The minimum atomic E-state index is -1.49.